The van der Waals surface area contributed by atoms with Crippen molar-refractivity contribution >= 4 is 41.0 Å². The smallest absolute Gasteiger partial charge is 0.307 e. The Bertz CT molecular complexity index is 1090. The summed E-state index contributed by atoms with van der Waals surface area (Å²) in [7, 11) is 0. The number of nitrogens with one attached hydrogen (secondary N) is 1. The highest BCUT2D eigenvalue weighted by molar-refractivity contribution is 6.40. The van der Waals surface area contributed by atoms with Gasteiger partial charge in [-0.1, -0.05) is 83.9 Å². The van der Waals surface area contributed by atoms with Crippen LogP contribution in [-0.4, -0.2) is 30.9 Å². The van der Waals surface area contributed by atoms with E-state index >= 15 is 0 Å². The number of carbonyl (C=O) groups is 3. The van der Waals surface area contributed by atoms with Gasteiger partial charge in [-0.15, -0.1) is 0 Å². The molecule has 0 atom stereocenters. The first kappa shape index (κ1) is 26.9. The molecule has 5 N–H and O–H groups in total. The lowest BCUT2D eigenvalue weighted by Crippen LogP contribution is -2.32. The molecule has 0 spiro atoms. The minimum Gasteiger partial charge on any atom is -0.461 e. The summed E-state index contributed by atoms with van der Waals surface area (Å²) < 4.78 is 5.02. The summed E-state index contributed by atoms with van der Waals surface area (Å²) in [5.41, 5.74) is 13.2. The number of esters is 1. The van der Waals surface area contributed by atoms with Crippen LogP contribution in [0.15, 0.2) is 72.8 Å². The minimum absolute atomic E-state index is 0.0704. The van der Waals surface area contributed by atoms with E-state index in [1.54, 1.807) is 12.1 Å². The Balaban J connectivity index is 0.000000240. The summed E-state index contributed by atoms with van der Waals surface area (Å²) in [6.45, 7) is 0.438. The lowest BCUT2D eigenvalue weighted by atomic mass is 10.0. The van der Waals surface area contributed by atoms with E-state index in [0.29, 0.717) is 0 Å². The molecule has 0 unspecified atom stereocenters. The van der Waals surface area contributed by atoms with Crippen LogP contribution in [-0.2, 0) is 20.9 Å². The van der Waals surface area contributed by atoms with Gasteiger partial charge in [-0.2, -0.15) is 0 Å². The molecule has 0 saturated heterocycles. The van der Waals surface area contributed by atoms with Crippen molar-refractivity contribution in [1.82, 2.24) is 5.32 Å². The molecule has 0 radical (unpaired) electrons. The molecule has 0 aliphatic carbocycles. The minimum atomic E-state index is -0.625. The molecule has 9 heteroatoms. The molecule has 34 heavy (non-hydrogen) atoms. The van der Waals surface area contributed by atoms with E-state index in [-0.39, 0.29) is 53.6 Å². The fourth-order valence-electron chi connectivity index (χ4n) is 2.79. The van der Waals surface area contributed by atoms with Crippen LogP contribution in [0.2, 0.25) is 10.0 Å². The molecular weight excluding hydrogens is 477 g/mol. The molecule has 0 aliphatic rings. The fourth-order valence-corrected chi connectivity index (χ4v) is 3.47. The molecule has 178 valence electrons. The van der Waals surface area contributed by atoms with Crippen LogP contribution in [0.1, 0.15) is 22.3 Å². The Kier molecular flexibility index (Phi) is 11.1. The Hall–Kier alpha value is -3.39. The number of hydrogen-bond acceptors (Lipinski definition) is 5. The standard InChI is InChI=1S/C13H9Cl2NO.C12H16N2O3/c14-10-6-9(8-4-2-1-3-5-8)7-11(15)12(10)13(16)17;13-8-11(15)14-7-6-12(16)17-9-10-4-2-1-3-5-10/h1-7H,(H2,16,17);1-5H,6-9,13H2,(H,14,15). The zero-order chi connectivity index (χ0) is 24.9. The van der Waals surface area contributed by atoms with Gasteiger partial charge in [0.25, 0.3) is 5.91 Å². The number of primary amides is 1. The van der Waals surface area contributed by atoms with E-state index in [9.17, 15) is 14.4 Å². The first-order valence-corrected chi connectivity index (χ1v) is 11.1. The van der Waals surface area contributed by atoms with Gasteiger partial charge in [-0.05, 0) is 28.8 Å². The Morgan fingerprint density at radius 1 is 0.853 bits per heavy atom. The first-order valence-electron chi connectivity index (χ1n) is 10.3. The third-order valence-electron chi connectivity index (χ3n) is 4.47. The maximum absolute atomic E-state index is 11.3. The van der Waals surface area contributed by atoms with Crippen molar-refractivity contribution in [3.05, 3.63) is 94.0 Å². The van der Waals surface area contributed by atoms with Gasteiger partial charge < -0.3 is 21.5 Å². The van der Waals surface area contributed by atoms with Crippen LogP contribution in [0.5, 0.6) is 0 Å². The number of rotatable bonds is 8. The molecule has 3 aromatic carbocycles. The van der Waals surface area contributed by atoms with Crippen LogP contribution >= 0.6 is 23.2 Å². The second-order valence-electron chi connectivity index (χ2n) is 7.00. The van der Waals surface area contributed by atoms with E-state index in [1.165, 1.54) is 0 Å². The molecule has 0 aliphatic heterocycles. The molecule has 2 amide bonds. The first-order chi connectivity index (χ1) is 16.3. The number of hydrogen-bond donors (Lipinski definition) is 3. The van der Waals surface area contributed by atoms with Crippen molar-refractivity contribution < 1.29 is 19.1 Å². The van der Waals surface area contributed by atoms with Crippen LogP contribution in [0.4, 0.5) is 0 Å². The van der Waals surface area contributed by atoms with Gasteiger partial charge in [0.1, 0.15) is 6.61 Å². The Labute approximate surface area is 208 Å². The van der Waals surface area contributed by atoms with Crippen molar-refractivity contribution in [3.63, 3.8) is 0 Å². The highest BCUT2D eigenvalue weighted by Gasteiger charge is 2.13. The maximum Gasteiger partial charge on any atom is 0.307 e. The van der Waals surface area contributed by atoms with E-state index in [2.05, 4.69) is 5.32 Å². The number of amides is 2. The molecule has 0 fully saturated rings. The third-order valence-corrected chi connectivity index (χ3v) is 5.07. The highest BCUT2D eigenvalue weighted by atomic mass is 35.5. The largest absolute Gasteiger partial charge is 0.461 e. The Morgan fingerprint density at radius 3 is 1.94 bits per heavy atom. The topological polar surface area (TPSA) is 125 Å². The lowest BCUT2D eigenvalue weighted by Gasteiger charge is -2.07. The summed E-state index contributed by atoms with van der Waals surface area (Å²) in [5, 5.41) is 3.03. The quantitative estimate of drug-likeness (QED) is 0.403. The predicted molar refractivity (Wildman–Crippen MR) is 133 cm³/mol. The number of nitrogens with two attached hydrogens (primary N) is 2. The predicted octanol–water partition coefficient (Wildman–Crippen LogP) is 3.95. The van der Waals surface area contributed by atoms with E-state index < -0.39 is 5.91 Å². The van der Waals surface area contributed by atoms with Crippen LogP contribution in [0, 0.1) is 0 Å². The van der Waals surface area contributed by atoms with E-state index in [0.717, 1.165) is 16.7 Å². The van der Waals surface area contributed by atoms with E-state index in [1.807, 2.05) is 60.7 Å². The van der Waals surface area contributed by atoms with Crippen molar-refractivity contribution in [2.45, 2.75) is 13.0 Å². The third kappa shape index (κ3) is 8.86. The average molecular weight is 502 g/mol. The second kappa shape index (κ2) is 14.0. The van der Waals surface area contributed by atoms with Gasteiger partial charge in [0.2, 0.25) is 5.91 Å². The molecule has 7 nitrogen and oxygen atoms in total. The number of ether oxygens (including phenoxy) is 1. The number of benzene rings is 3. The van der Waals surface area contributed by atoms with Crippen molar-refractivity contribution in [1.29, 1.82) is 0 Å². The second-order valence-corrected chi connectivity index (χ2v) is 7.81. The molecule has 0 aromatic heterocycles. The number of carbonyl (C=O) groups excluding carboxylic acids is 3. The molecule has 3 rings (SSSR count). The lowest BCUT2D eigenvalue weighted by molar-refractivity contribution is -0.144. The molecule has 0 bridgehead atoms. The molecule has 0 saturated carbocycles. The average Bonchev–Trinajstić information content (AvgIpc) is 2.83. The summed E-state index contributed by atoms with van der Waals surface area (Å²) in [6, 6.07) is 22.4. The van der Waals surface area contributed by atoms with E-state index in [4.69, 9.17) is 39.4 Å². The van der Waals surface area contributed by atoms with Crippen molar-refractivity contribution in [2.75, 3.05) is 13.1 Å². The van der Waals surface area contributed by atoms with Crippen LogP contribution in [0.3, 0.4) is 0 Å². The maximum atomic E-state index is 11.3. The normalized spacial score (nSPS) is 9.97. The van der Waals surface area contributed by atoms with Gasteiger partial charge in [0.05, 0.1) is 28.6 Å². The highest BCUT2D eigenvalue weighted by Crippen LogP contribution is 2.31. The molecule has 0 heterocycles. The van der Waals surface area contributed by atoms with Crippen molar-refractivity contribution in [3.8, 4) is 11.1 Å². The SMILES string of the molecule is NC(=O)c1c(Cl)cc(-c2ccccc2)cc1Cl.NCC(=O)NCCC(=O)OCc1ccccc1. The van der Waals surface area contributed by atoms with Gasteiger partial charge in [0.15, 0.2) is 0 Å². The summed E-state index contributed by atoms with van der Waals surface area (Å²) in [5.74, 6) is -1.24. The summed E-state index contributed by atoms with van der Waals surface area (Å²) in [6.07, 6.45) is 0.151. The zero-order valence-corrected chi connectivity index (χ0v) is 19.8. The van der Waals surface area contributed by atoms with Gasteiger partial charge in [-0.3, -0.25) is 14.4 Å². The molecular formula is C25H25Cl2N3O4. The summed E-state index contributed by atoms with van der Waals surface area (Å²) in [4.78, 5) is 33.2. The Morgan fingerprint density at radius 2 is 1.41 bits per heavy atom. The van der Waals surface area contributed by atoms with Gasteiger partial charge in [0, 0.05) is 6.54 Å². The molecule has 3 aromatic rings. The summed E-state index contributed by atoms with van der Waals surface area (Å²) >= 11 is 12.0. The monoisotopic (exact) mass is 501 g/mol. The van der Waals surface area contributed by atoms with Crippen molar-refractivity contribution in [2.24, 2.45) is 11.5 Å². The van der Waals surface area contributed by atoms with Crippen LogP contribution in [0.25, 0.3) is 11.1 Å². The van der Waals surface area contributed by atoms with Gasteiger partial charge >= 0.3 is 5.97 Å². The fraction of sp³-hybridized carbons (Fsp3) is 0.160. The van der Waals surface area contributed by atoms with Gasteiger partial charge in [-0.25, -0.2) is 0 Å². The zero-order valence-electron chi connectivity index (χ0n) is 18.3. The number of halogens is 2. The van der Waals surface area contributed by atoms with Crippen LogP contribution < -0.4 is 16.8 Å².